The molecule has 0 aliphatic carbocycles. The zero-order valence-electron chi connectivity index (χ0n) is 25.4. The number of nitrogens with zero attached hydrogens (tertiary/aromatic N) is 2. The number of rotatable bonds is 15. The number of benzene rings is 3. The summed E-state index contributed by atoms with van der Waals surface area (Å²) >= 11 is 0. The van der Waals surface area contributed by atoms with Gasteiger partial charge in [-0.3, -0.25) is 9.98 Å². The molecule has 0 aromatic heterocycles. The first-order valence-corrected chi connectivity index (χ1v) is 15.3. The van der Waals surface area contributed by atoms with Crippen LogP contribution in [0.3, 0.4) is 0 Å². The van der Waals surface area contributed by atoms with Gasteiger partial charge in [-0.25, -0.2) is 0 Å². The van der Waals surface area contributed by atoms with Crippen molar-refractivity contribution in [2.75, 3.05) is 0 Å². The molecule has 224 valence electrons. The molecule has 0 aliphatic rings. The minimum absolute atomic E-state index is 0. The van der Waals surface area contributed by atoms with Crippen molar-refractivity contribution < 1.29 is 26.7 Å². The summed E-state index contributed by atoms with van der Waals surface area (Å²) in [6.07, 6.45) is 13.4. The minimum Gasteiger partial charge on any atom is -0.873 e. The van der Waals surface area contributed by atoms with Crippen LogP contribution in [-0.4, -0.2) is 11.4 Å². The van der Waals surface area contributed by atoms with Crippen molar-refractivity contribution in [1.82, 2.24) is 0 Å². The average molecular weight is 599 g/mol. The summed E-state index contributed by atoms with van der Waals surface area (Å²) in [6, 6.07) is 24.1. The van der Waals surface area contributed by atoms with E-state index in [2.05, 4.69) is 62.4 Å². The maximum atomic E-state index is 11.3. The van der Waals surface area contributed by atoms with Crippen molar-refractivity contribution >= 4 is 22.8 Å². The quantitative estimate of drug-likeness (QED) is 0.0992. The van der Waals surface area contributed by atoms with Crippen LogP contribution in [0.1, 0.15) is 103 Å². The zero-order valence-corrected chi connectivity index (χ0v) is 26.4. The Hall–Kier alpha value is -2.91. The van der Waals surface area contributed by atoms with Gasteiger partial charge in [0, 0.05) is 0 Å². The fourth-order valence-corrected chi connectivity index (χ4v) is 4.46. The van der Waals surface area contributed by atoms with E-state index in [1.54, 1.807) is 12.1 Å². The van der Waals surface area contributed by atoms with Gasteiger partial charge in [-0.2, -0.15) is 0 Å². The van der Waals surface area contributed by atoms with Crippen LogP contribution in [0, 0.1) is 0 Å². The van der Waals surface area contributed by atoms with E-state index in [1.807, 2.05) is 26.0 Å². The summed E-state index contributed by atoms with van der Waals surface area (Å²) in [5, 5.41) is 22.5. The standard InChI is InChI=1S/C26H36N2.C10H14O2.Ni/c1-3-5-7-8-9-16-22-26(28-24-19-14-11-15-20-24)25(21-6-4-2)27-23-17-12-10-13-18-23;1-3-7-5-6-8(4-2)10(12)9(7)11;/h10-15,17-20H,3-9,16,21-22H2,1-2H3;5-6,11-12H,3-4H2,1-2H3;/q;;+2/p-2. The van der Waals surface area contributed by atoms with E-state index < -0.39 is 0 Å². The molecule has 0 N–H and O–H groups in total. The van der Waals surface area contributed by atoms with E-state index in [1.165, 1.54) is 50.7 Å². The molecule has 5 heteroatoms. The van der Waals surface area contributed by atoms with Crippen molar-refractivity contribution in [2.24, 2.45) is 9.98 Å². The molecular weight excluding hydrogens is 551 g/mol. The molecule has 0 unspecified atom stereocenters. The second-order valence-corrected chi connectivity index (χ2v) is 10.2. The van der Waals surface area contributed by atoms with E-state index in [0.717, 1.165) is 36.3 Å². The molecule has 0 saturated heterocycles. The predicted molar refractivity (Wildman–Crippen MR) is 169 cm³/mol. The fraction of sp³-hybridized carbons (Fsp3) is 0.444. The van der Waals surface area contributed by atoms with Gasteiger partial charge >= 0.3 is 16.5 Å². The Labute approximate surface area is 259 Å². The Morgan fingerprint density at radius 1 is 0.512 bits per heavy atom. The average Bonchev–Trinajstić information content (AvgIpc) is 2.99. The second-order valence-electron chi connectivity index (χ2n) is 10.2. The number of unbranched alkanes of at least 4 members (excludes halogenated alkanes) is 6. The molecule has 0 atom stereocenters. The summed E-state index contributed by atoms with van der Waals surface area (Å²) in [7, 11) is 0. The van der Waals surface area contributed by atoms with Gasteiger partial charge in [-0.15, -0.1) is 11.5 Å². The number of hydrogen-bond acceptors (Lipinski definition) is 4. The van der Waals surface area contributed by atoms with Crippen molar-refractivity contribution in [3.05, 3.63) is 83.9 Å². The van der Waals surface area contributed by atoms with Gasteiger partial charge in [0.2, 0.25) is 0 Å². The third-order valence-electron chi connectivity index (χ3n) is 6.94. The predicted octanol–water partition coefficient (Wildman–Crippen LogP) is 9.43. The topological polar surface area (TPSA) is 70.8 Å². The third kappa shape index (κ3) is 13.5. The first kappa shape index (κ1) is 36.1. The van der Waals surface area contributed by atoms with E-state index in [9.17, 15) is 10.2 Å². The van der Waals surface area contributed by atoms with E-state index >= 15 is 0 Å². The van der Waals surface area contributed by atoms with Crippen molar-refractivity contribution in [3.8, 4) is 11.5 Å². The largest absolute Gasteiger partial charge is 2.00 e. The second kappa shape index (κ2) is 21.8. The Balaban J connectivity index is 0.000000542. The van der Waals surface area contributed by atoms with Gasteiger partial charge in [0.15, 0.2) is 0 Å². The van der Waals surface area contributed by atoms with E-state index in [-0.39, 0.29) is 28.0 Å². The normalized spacial score (nSPS) is 11.4. The summed E-state index contributed by atoms with van der Waals surface area (Å²) in [4.78, 5) is 10.0. The molecule has 0 spiro atoms. The molecule has 0 radical (unpaired) electrons. The number of para-hydroxylation sites is 2. The molecule has 3 aromatic rings. The van der Waals surface area contributed by atoms with Crippen LogP contribution in [0.4, 0.5) is 11.4 Å². The molecule has 0 saturated carbocycles. The number of hydrogen-bond donors (Lipinski definition) is 0. The SMILES string of the molecule is CCCCCCCCC(=Nc1ccccc1)C(CCCC)=Nc1ccccc1.CCc1ccc(CC)c([O-])c1[O-].[Ni+2]. The maximum absolute atomic E-state index is 11.3. The fourth-order valence-electron chi connectivity index (χ4n) is 4.46. The number of aliphatic imine (C=N–C) groups is 2. The minimum atomic E-state index is -0.322. The molecule has 0 bridgehead atoms. The van der Waals surface area contributed by atoms with Crippen molar-refractivity contribution in [1.29, 1.82) is 0 Å². The molecule has 3 aromatic carbocycles. The maximum Gasteiger partial charge on any atom is 2.00 e. The Bertz CT molecular complexity index is 1130. The molecular formula is C36H48N2NiO2. The van der Waals surface area contributed by atoms with Gasteiger partial charge < -0.3 is 10.2 Å². The molecule has 0 aliphatic heterocycles. The van der Waals surface area contributed by atoms with E-state index in [0.29, 0.717) is 24.0 Å². The Morgan fingerprint density at radius 3 is 1.32 bits per heavy atom. The smallest absolute Gasteiger partial charge is 0.873 e. The molecule has 3 rings (SSSR count). The van der Waals surface area contributed by atoms with Gasteiger partial charge in [-0.1, -0.05) is 126 Å². The van der Waals surface area contributed by atoms with E-state index in [4.69, 9.17) is 9.98 Å². The summed E-state index contributed by atoms with van der Waals surface area (Å²) in [5.74, 6) is -0.645. The zero-order chi connectivity index (χ0) is 29.0. The van der Waals surface area contributed by atoms with Crippen LogP contribution < -0.4 is 10.2 Å². The number of aryl methyl sites for hydroxylation is 2. The van der Waals surface area contributed by atoms with Gasteiger partial charge in [0.1, 0.15) is 0 Å². The summed E-state index contributed by atoms with van der Waals surface area (Å²) in [6.45, 7) is 8.26. The monoisotopic (exact) mass is 598 g/mol. The molecule has 4 nitrogen and oxygen atoms in total. The van der Waals surface area contributed by atoms with Crippen LogP contribution in [-0.2, 0) is 29.3 Å². The molecule has 0 fully saturated rings. The first-order valence-electron chi connectivity index (χ1n) is 15.3. The Morgan fingerprint density at radius 2 is 0.902 bits per heavy atom. The van der Waals surface area contributed by atoms with Gasteiger partial charge in [0.05, 0.1) is 22.8 Å². The van der Waals surface area contributed by atoms with Crippen LogP contribution in [0.2, 0.25) is 0 Å². The first-order chi connectivity index (χ1) is 19.5. The molecule has 0 amide bonds. The van der Waals surface area contributed by atoms with Gasteiger partial charge in [-0.05, 0) is 62.8 Å². The Kier molecular flexibility index (Phi) is 19.2. The summed E-state index contributed by atoms with van der Waals surface area (Å²) < 4.78 is 0. The molecule has 0 heterocycles. The van der Waals surface area contributed by atoms with Crippen LogP contribution >= 0.6 is 0 Å². The van der Waals surface area contributed by atoms with Gasteiger partial charge in [0.25, 0.3) is 0 Å². The summed E-state index contributed by atoms with van der Waals surface area (Å²) in [5.41, 5.74) is 5.62. The van der Waals surface area contributed by atoms with Crippen molar-refractivity contribution in [3.63, 3.8) is 0 Å². The third-order valence-corrected chi connectivity index (χ3v) is 6.94. The molecule has 41 heavy (non-hydrogen) atoms. The van der Waals surface area contributed by atoms with Crippen LogP contribution in [0.25, 0.3) is 0 Å². The van der Waals surface area contributed by atoms with Crippen molar-refractivity contribution in [2.45, 2.75) is 105 Å². The van der Waals surface area contributed by atoms with Crippen LogP contribution in [0.5, 0.6) is 11.5 Å². The van der Waals surface area contributed by atoms with Crippen LogP contribution in [0.15, 0.2) is 82.8 Å².